The van der Waals surface area contributed by atoms with Gasteiger partial charge >= 0.3 is 0 Å². The molecule has 0 heterocycles. The van der Waals surface area contributed by atoms with E-state index in [2.05, 4.69) is 30.6 Å². The minimum Gasteiger partial charge on any atom is -0.495 e. The number of carbonyl (C=O) groups is 1. The topological polar surface area (TPSA) is 74.2 Å². The summed E-state index contributed by atoms with van der Waals surface area (Å²) in [7, 11) is 1.61. The summed E-state index contributed by atoms with van der Waals surface area (Å²) >= 11 is 0. The van der Waals surface area contributed by atoms with Gasteiger partial charge in [0.05, 0.1) is 18.9 Å². The van der Waals surface area contributed by atoms with E-state index in [1.807, 2.05) is 12.1 Å². The predicted molar refractivity (Wildman–Crippen MR) is 84.4 cm³/mol. The summed E-state index contributed by atoms with van der Waals surface area (Å²) < 4.78 is 5.32. The molecule has 0 aliphatic heterocycles. The van der Waals surface area contributed by atoms with Crippen molar-refractivity contribution in [1.82, 2.24) is 0 Å². The lowest BCUT2D eigenvalue weighted by Gasteiger charge is -2.25. The third-order valence-electron chi connectivity index (χ3n) is 3.19. The van der Waals surface area contributed by atoms with E-state index < -0.39 is 0 Å². The van der Waals surface area contributed by atoms with Gasteiger partial charge in [-0.25, -0.2) is 0 Å². The second kappa shape index (κ2) is 7.53. The van der Waals surface area contributed by atoms with Crippen molar-refractivity contribution in [2.24, 2.45) is 5.41 Å². The van der Waals surface area contributed by atoms with Gasteiger partial charge in [0.25, 0.3) is 0 Å². The van der Waals surface area contributed by atoms with Crippen molar-refractivity contribution in [3.8, 4) is 11.8 Å². The fraction of sp³-hybridized carbons (Fsp3) is 0.500. The van der Waals surface area contributed by atoms with Crippen molar-refractivity contribution >= 4 is 17.3 Å². The Labute approximate surface area is 126 Å². The number of hydrogen-bond donors (Lipinski definition) is 2. The molecular formula is C16H23N3O2. The van der Waals surface area contributed by atoms with E-state index in [1.54, 1.807) is 13.2 Å². The van der Waals surface area contributed by atoms with Crippen molar-refractivity contribution in [2.75, 3.05) is 24.3 Å². The minimum absolute atomic E-state index is 0.00471. The number of hydrogen-bond acceptors (Lipinski definition) is 4. The van der Waals surface area contributed by atoms with Gasteiger partial charge < -0.3 is 15.4 Å². The fourth-order valence-electron chi connectivity index (χ4n) is 1.94. The van der Waals surface area contributed by atoms with Crippen molar-refractivity contribution in [3.63, 3.8) is 0 Å². The first-order chi connectivity index (χ1) is 9.88. The maximum Gasteiger partial charge on any atom is 0.221 e. The molecule has 0 saturated heterocycles. The Bertz CT molecular complexity index is 533. The Kier molecular flexibility index (Phi) is 6.04. The number of rotatable bonds is 7. The van der Waals surface area contributed by atoms with Crippen molar-refractivity contribution in [1.29, 1.82) is 5.26 Å². The number of anilines is 2. The van der Waals surface area contributed by atoms with Crippen LogP contribution in [-0.4, -0.2) is 19.6 Å². The number of nitriles is 1. The Morgan fingerprint density at radius 2 is 2.14 bits per heavy atom. The third kappa shape index (κ3) is 5.74. The highest BCUT2D eigenvalue weighted by Crippen LogP contribution is 2.30. The van der Waals surface area contributed by atoms with E-state index in [1.165, 1.54) is 6.92 Å². The number of methoxy groups -OCH3 is 1. The Hall–Kier alpha value is -2.22. The van der Waals surface area contributed by atoms with Gasteiger partial charge in [-0.3, -0.25) is 4.79 Å². The van der Waals surface area contributed by atoms with Crippen LogP contribution in [0.25, 0.3) is 0 Å². The zero-order chi connectivity index (χ0) is 15.9. The average Bonchev–Trinajstić information content (AvgIpc) is 2.43. The molecule has 5 heteroatoms. The maximum absolute atomic E-state index is 11.1. The van der Waals surface area contributed by atoms with E-state index in [9.17, 15) is 4.79 Å². The highest BCUT2D eigenvalue weighted by Gasteiger charge is 2.18. The van der Waals surface area contributed by atoms with Crippen molar-refractivity contribution in [3.05, 3.63) is 18.2 Å². The quantitative estimate of drug-likeness (QED) is 0.806. The molecule has 0 aromatic heterocycles. The largest absolute Gasteiger partial charge is 0.495 e. The number of nitrogens with zero attached hydrogens (tertiary/aromatic N) is 1. The Morgan fingerprint density at radius 1 is 1.43 bits per heavy atom. The van der Waals surface area contributed by atoms with Crippen LogP contribution in [0, 0.1) is 16.7 Å². The molecular weight excluding hydrogens is 266 g/mol. The lowest BCUT2D eigenvalue weighted by Crippen LogP contribution is -2.23. The van der Waals surface area contributed by atoms with E-state index in [-0.39, 0.29) is 11.3 Å². The predicted octanol–water partition coefficient (Wildman–Crippen LogP) is 3.40. The average molecular weight is 289 g/mol. The van der Waals surface area contributed by atoms with Crippen LogP contribution in [0.4, 0.5) is 11.4 Å². The summed E-state index contributed by atoms with van der Waals surface area (Å²) in [5.41, 5.74) is 1.56. The molecule has 0 fully saturated rings. The Morgan fingerprint density at radius 3 is 2.71 bits per heavy atom. The van der Waals surface area contributed by atoms with Gasteiger partial charge in [-0.2, -0.15) is 5.26 Å². The Balaban J connectivity index is 2.80. The zero-order valence-electron chi connectivity index (χ0n) is 13.1. The fourth-order valence-corrected chi connectivity index (χ4v) is 1.94. The molecule has 5 nitrogen and oxygen atoms in total. The molecule has 1 aromatic rings. The molecule has 0 saturated carbocycles. The highest BCUT2D eigenvalue weighted by atomic mass is 16.5. The molecule has 1 rings (SSSR count). The van der Waals surface area contributed by atoms with Crippen LogP contribution in [0.2, 0.25) is 0 Å². The summed E-state index contributed by atoms with van der Waals surface area (Å²) in [5.74, 6) is 0.612. The molecule has 1 amide bonds. The van der Waals surface area contributed by atoms with Gasteiger partial charge in [0, 0.05) is 25.6 Å². The molecule has 1 aromatic carbocycles. The summed E-state index contributed by atoms with van der Waals surface area (Å²) in [5, 5.41) is 14.8. The molecule has 0 atom stereocenters. The number of benzene rings is 1. The van der Waals surface area contributed by atoms with Gasteiger partial charge in [0.2, 0.25) is 5.91 Å². The van der Waals surface area contributed by atoms with E-state index in [4.69, 9.17) is 10.00 Å². The number of nitrogens with one attached hydrogen (secondary N) is 2. The van der Waals surface area contributed by atoms with Gasteiger partial charge in [-0.15, -0.1) is 0 Å². The SMILES string of the molecule is COc1ccc(NC(C)=O)cc1NCC(C)(C)CCC#N. The van der Waals surface area contributed by atoms with Crippen LogP contribution in [0.3, 0.4) is 0 Å². The van der Waals surface area contributed by atoms with Crippen LogP contribution in [0.15, 0.2) is 18.2 Å². The first-order valence-electron chi connectivity index (χ1n) is 6.94. The maximum atomic E-state index is 11.1. The van der Waals surface area contributed by atoms with Crippen LogP contribution < -0.4 is 15.4 Å². The summed E-state index contributed by atoms with van der Waals surface area (Å²) in [6, 6.07) is 7.64. The second-order valence-corrected chi connectivity index (χ2v) is 5.77. The van der Waals surface area contributed by atoms with Crippen LogP contribution in [0.5, 0.6) is 5.75 Å². The number of ether oxygens (including phenoxy) is 1. The molecule has 114 valence electrons. The van der Waals surface area contributed by atoms with Gasteiger partial charge in [-0.1, -0.05) is 13.8 Å². The van der Waals surface area contributed by atoms with Crippen LogP contribution in [-0.2, 0) is 4.79 Å². The first-order valence-corrected chi connectivity index (χ1v) is 6.94. The molecule has 0 radical (unpaired) electrons. The van der Waals surface area contributed by atoms with Crippen molar-refractivity contribution < 1.29 is 9.53 Å². The molecule has 0 spiro atoms. The van der Waals surface area contributed by atoms with Gasteiger partial charge in [0.1, 0.15) is 5.75 Å². The molecule has 0 aliphatic carbocycles. The molecule has 2 N–H and O–H groups in total. The summed E-state index contributed by atoms with van der Waals surface area (Å²) in [6.07, 6.45) is 1.36. The monoisotopic (exact) mass is 289 g/mol. The lowest BCUT2D eigenvalue weighted by molar-refractivity contribution is -0.114. The number of amides is 1. The second-order valence-electron chi connectivity index (χ2n) is 5.77. The summed E-state index contributed by atoms with van der Waals surface area (Å²) in [4.78, 5) is 11.1. The molecule has 0 unspecified atom stereocenters. The zero-order valence-corrected chi connectivity index (χ0v) is 13.1. The standard InChI is InChI=1S/C16H23N3O2/c1-12(20)19-13-6-7-15(21-4)14(10-13)18-11-16(2,3)8-5-9-17/h6-7,10,18H,5,8,11H2,1-4H3,(H,19,20). The van der Waals surface area contributed by atoms with Gasteiger partial charge in [-0.05, 0) is 30.0 Å². The normalized spacial score (nSPS) is 10.6. The number of carbonyl (C=O) groups excluding carboxylic acids is 1. The van der Waals surface area contributed by atoms with Crippen molar-refractivity contribution in [2.45, 2.75) is 33.6 Å². The third-order valence-corrected chi connectivity index (χ3v) is 3.19. The van der Waals surface area contributed by atoms with E-state index in [0.29, 0.717) is 13.0 Å². The first kappa shape index (κ1) is 16.8. The molecule has 0 bridgehead atoms. The van der Waals surface area contributed by atoms with Crippen LogP contribution >= 0.6 is 0 Å². The van der Waals surface area contributed by atoms with Crippen LogP contribution in [0.1, 0.15) is 33.6 Å². The molecule has 21 heavy (non-hydrogen) atoms. The minimum atomic E-state index is -0.111. The smallest absolute Gasteiger partial charge is 0.221 e. The lowest BCUT2D eigenvalue weighted by atomic mass is 9.88. The summed E-state index contributed by atoms with van der Waals surface area (Å²) in [6.45, 7) is 6.42. The molecule has 0 aliphatic rings. The van der Waals surface area contributed by atoms with Gasteiger partial charge in [0.15, 0.2) is 0 Å². The van der Waals surface area contributed by atoms with E-state index >= 15 is 0 Å². The highest BCUT2D eigenvalue weighted by molar-refractivity contribution is 5.89. The van der Waals surface area contributed by atoms with E-state index in [0.717, 1.165) is 23.5 Å².